The highest BCUT2D eigenvalue weighted by molar-refractivity contribution is 7.93. The first-order chi connectivity index (χ1) is 21.4. The summed E-state index contributed by atoms with van der Waals surface area (Å²) in [7, 11) is -4.65. The molecule has 232 valence electrons. The maximum atomic E-state index is 12.8. The average molecular weight is 654 g/mol. The Labute approximate surface area is 263 Å². The summed E-state index contributed by atoms with van der Waals surface area (Å²) in [5, 5.41) is 10.1. The first-order valence-electron chi connectivity index (χ1n) is 13.6. The van der Waals surface area contributed by atoms with Crippen LogP contribution in [0.15, 0.2) is 97.2 Å². The number of nitrogens with zero attached hydrogens (tertiary/aromatic N) is 3. The number of hydrogen-bond acceptors (Lipinski definition) is 5. The van der Waals surface area contributed by atoms with E-state index in [1.54, 1.807) is 24.3 Å². The van der Waals surface area contributed by atoms with E-state index in [0.717, 1.165) is 41.7 Å². The van der Waals surface area contributed by atoms with Gasteiger partial charge in [0.05, 0.1) is 16.4 Å². The van der Waals surface area contributed by atoms with Crippen molar-refractivity contribution in [2.24, 2.45) is 0 Å². The number of aromatic hydroxyl groups is 1. The topological polar surface area (TPSA) is 84.7 Å². The Hall–Kier alpha value is -4.74. The zero-order chi connectivity index (χ0) is 32.4. The number of rotatable bonds is 9. The molecule has 0 amide bonds. The second-order valence-electron chi connectivity index (χ2n) is 9.93. The van der Waals surface area contributed by atoms with Gasteiger partial charge in [-0.1, -0.05) is 54.1 Å². The standard InChI is InChI=1S/C33H27ClF3N3O4S/c1-3-40-21-31(29-18-13-26(41)20-30(29)34)38-32(40)19-6-22-4-7-23(8-5-22)24-9-14-27(15-10-24)44-28-16-11-25(12-17-28)39(2)45(42,43)33(35,36)37/h4-21,41H,3H2,1-2H3/b19-6+. The molecule has 1 aromatic heterocycles. The van der Waals surface area contributed by atoms with E-state index in [1.165, 1.54) is 30.3 Å². The number of benzene rings is 4. The fraction of sp³-hybridized carbons (Fsp3) is 0.121. The van der Waals surface area contributed by atoms with Crippen molar-refractivity contribution < 1.29 is 31.4 Å². The van der Waals surface area contributed by atoms with Crippen molar-refractivity contribution in [3.8, 4) is 39.6 Å². The summed E-state index contributed by atoms with van der Waals surface area (Å²) in [5.41, 5.74) is -1.19. The van der Waals surface area contributed by atoms with Crippen molar-refractivity contribution in [3.05, 3.63) is 114 Å². The molecule has 1 N–H and O–H groups in total. The Morgan fingerprint density at radius 3 is 2.04 bits per heavy atom. The molecule has 12 heteroatoms. The fourth-order valence-corrected chi connectivity index (χ4v) is 5.47. The summed E-state index contributed by atoms with van der Waals surface area (Å²) in [6, 6.07) is 25.3. The van der Waals surface area contributed by atoms with Gasteiger partial charge >= 0.3 is 15.5 Å². The van der Waals surface area contributed by atoms with Crippen molar-refractivity contribution in [2.45, 2.75) is 19.0 Å². The summed E-state index contributed by atoms with van der Waals surface area (Å²) >= 11 is 6.31. The van der Waals surface area contributed by atoms with Gasteiger partial charge in [-0.05, 0) is 84.3 Å². The molecule has 0 aliphatic heterocycles. The van der Waals surface area contributed by atoms with Crippen LogP contribution in [0.3, 0.4) is 0 Å². The highest BCUT2D eigenvalue weighted by atomic mass is 35.5. The number of alkyl halides is 3. The fourth-order valence-electron chi connectivity index (χ4n) is 4.49. The maximum absolute atomic E-state index is 12.8. The Bertz CT molecular complexity index is 1940. The van der Waals surface area contributed by atoms with E-state index >= 15 is 0 Å². The molecule has 0 atom stereocenters. The SMILES string of the molecule is CCn1cc(-c2ccc(O)cc2Cl)nc1/C=C/c1ccc(-c2ccc(Oc3ccc(N(C)S(=O)(=O)C(F)(F)F)cc3)cc2)cc1. The molecule has 0 aliphatic rings. The molecule has 0 fully saturated rings. The predicted octanol–water partition coefficient (Wildman–Crippen LogP) is 8.84. The van der Waals surface area contributed by atoms with Crippen LogP contribution in [0.5, 0.6) is 17.2 Å². The number of ether oxygens (including phenoxy) is 1. The van der Waals surface area contributed by atoms with Gasteiger partial charge in [0.25, 0.3) is 0 Å². The summed E-state index contributed by atoms with van der Waals surface area (Å²) in [6.07, 6.45) is 5.83. The lowest BCUT2D eigenvalue weighted by Crippen LogP contribution is -2.38. The Morgan fingerprint density at radius 2 is 1.49 bits per heavy atom. The second kappa shape index (κ2) is 12.7. The van der Waals surface area contributed by atoms with E-state index in [1.807, 2.05) is 66.2 Å². The van der Waals surface area contributed by atoms with Gasteiger partial charge in [0.15, 0.2) is 0 Å². The van der Waals surface area contributed by atoms with Gasteiger partial charge in [-0.15, -0.1) is 0 Å². The van der Waals surface area contributed by atoms with E-state index < -0.39 is 15.5 Å². The van der Waals surface area contributed by atoms with E-state index in [-0.39, 0.29) is 15.7 Å². The number of hydrogen-bond donors (Lipinski definition) is 1. The lowest BCUT2D eigenvalue weighted by Gasteiger charge is -2.21. The molecular formula is C33H27ClF3N3O4S. The van der Waals surface area contributed by atoms with Gasteiger partial charge < -0.3 is 14.4 Å². The summed E-state index contributed by atoms with van der Waals surface area (Å²) in [4.78, 5) is 4.72. The zero-order valence-corrected chi connectivity index (χ0v) is 25.6. The van der Waals surface area contributed by atoms with Crippen molar-refractivity contribution in [2.75, 3.05) is 11.4 Å². The van der Waals surface area contributed by atoms with Crippen LogP contribution < -0.4 is 9.04 Å². The molecule has 0 aliphatic carbocycles. The average Bonchev–Trinajstić information content (AvgIpc) is 3.43. The zero-order valence-electron chi connectivity index (χ0n) is 24.0. The molecule has 0 radical (unpaired) electrons. The van der Waals surface area contributed by atoms with Crippen molar-refractivity contribution in [3.63, 3.8) is 0 Å². The minimum atomic E-state index is -5.49. The number of aromatic nitrogens is 2. The van der Waals surface area contributed by atoms with Crippen molar-refractivity contribution >= 4 is 39.5 Å². The Balaban J connectivity index is 1.24. The lowest BCUT2D eigenvalue weighted by atomic mass is 10.0. The molecule has 7 nitrogen and oxygen atoms in total. The first kappa shape index (κ1) is 31.7. The number of sulfonamides is 1. The lowest BCUT2D eigenvalue weighted by molar-refractivity contribution is -0.0437. The van der Waals surface area contributed by atoms with Gasteiger partial charge in [-0.25, -0.2) is 4.98 Å². The smallest absolute Gasteiger partial charge is 0.508 e. The predicted molar refractivity (Wildman–Crippen MR) is 171 cm³/mol. The van der Waals surface area contributed by atoms with Gasteiger partial charge in [0.1, 0.15) is 23.1 Å². The van der Waals surface area contributed by atoms with Crippen LogP contribution in [0.2, 0.25) is 5.02 Å². The number of imidazole rings is 1. The Morgan fingerprint density at radius 1 is 0.911 bits per heavy atom. The van der Waals surface area contributed by atoms with Gasteiger partial charge in [0, 0.05) is 25.4 Å². The highest BCUT2D eigenvalue weighted by Gasteiger charge is 2.49. The van der Waals surface area contributed by atoms with Gasteiger partial charge in [-0.2, -0.15) is 21.6 Å². The minimum absolute atomic E-state index is 0.0940. The number of phenolic OH excluding ortho intramolecular Hbond substituents is 1. The maximum Gasteiger partial charge on any atom is 0.516 e. The Kier molecular flexibility index (Phi) is 8.94. The van der Waals surface area contributed by atoms with Gasteiger partial charge in [0.2, 0.25) is 0 Å². The number of aryl methyl sites for hydroxylation is 1. The normalized spacial score (nSPS) is 12.0. The third-order valence-corrected chi connectivity index (χ3v) is 8.82. The molecule has 0 spiro atoms. The third kappa shape index (κ3) is 7.00. The molecular weight excluding hydrogens is 627 g/mol. The van der Waals surface area contributed by atoms with Crippen molar-refractivity contribution in [1.82, 2.24) is 9.55 Å². The van der Waals surface area contributed by atoms with E-state index in [2.05, 4.69) is 0 Å². The van der Waals surface area contributed by atoms with Crippen molar-refractivity contribution in [1.29, 1.82) is 0 Å². The van der Waals surface area contributed by atoms with Crippen LogP contribution in [-0.4, -0.2) is 35.6 Å². The molecule has 0 bridgehead atoms. The van der Waals surface area contributed by atoms with E-state index in [9.17, 15) is 26.7 Å². The molecule has 0 saturated carbocycles. The van der Waals surface area contributed by atoms with E-state index in [4.69, 9.17) is 21.3 Å². The quantitative estimate of drug-likeness (QED) is 0.172. The number of anilines is 1. The van der Waals surface area contributed by atoms with Crippen LogP contribution in [0.4, 0.5) is 18.9 Å². The largest absolute Gasteiger partial charge is 0.516 e. The summed E-state index contributed by atoms with van der Waals surface area (Å²) in [5.74, 6) is 1.70. The first-order valence-corrected chi connectivity index (χ1v) is 15.5. The molecule has 5 aromatic rings. The minimum Gasteiger partial charge on any atom is -0.508 e. The summed E-state index contributed by atoms with van der Waals surface area (Å²) in [6.45, 7) is 2.74. The molecule has 45 heavy (non-hydrogen) atoms. The molecule has 1 heterocycles. The summed E-state index contributed by atoms with van der Waals surface area (Å²) < 4.78 is 69.7. The molecule has 4 aromatic carbocycles. The third-order valence-electron chi connectivity index (χ3n) is 6.99. The monoisotopic (exact) mass is 653 g/mol. The number of halogens is 4. The number of phenols is 1. The van der Waals surface area contributed by atoms with Crippen LogP contribution in [0.1, 0.15) is 18.3 Å². The van der Waals surface area contributed by atoms with Crippen LogP contribution in [0, 0.1) is 0 Å². The second-order valence-corrected chi connectivity index (χ2v) is 12.3. The molecule has 5 rings (SSSR count). The molecule has 0 unspecified atom stereocenters. The van der Waals surface area contributed by atoms with Crippen LogP contribution >= 0.6 is 11.6 Å². The van der Waals surface area contributed by atoms with E-state index in [0.29, 0.717) is 22.2 Å². The van der Waals surface area contributed by atoms with Crippen LogP contribution in [-0.2, 0) is 16.6 Å². The highest BCUT2D eigenvalue weighted by Crippen LogP contribution is 2.33. The molecule has 0 saturated heterocycles. The van der Waals surface area contributed by atoms with Crippen LogP contribution in [0.25, 0.3) is 34.5 Å². The van der Waals surface area contributed by atoms with Gasteiger partial charge in [-0.3, -0.25) is 4.31 Å².